The van der Waals surface area contributed by atoms with Gasteiger partial charge in [0.05, 0.1) is 10.9 Å². The second-order valence-electron chi connectivity index (χ2n) is 9.36. The lowest BCUT2D eigenvalue weighted by atomic mass is 9.86. The average Bonchev–Trinajstić information content (AvgIpc) is 3.01. The molecule has 0 unspecified atom stereocenters. The van der Waals surface area contributed by atoms with Crippen LogP contribution in [0.5, 0.6) is 0 Å². The van der Waals surface area contributed by atoms with E-state index in [4.69, 9.17) is 0 Å². The minimum Gasteiger partial charge on any atom is -0.182 e. The highest BCUT2D eigenvalue weighted by Gasteiger charge is 2.51. The van der Waals surface area contributed by atoms with Gasteiger partial charge in [0.1, 0.15) is 6.21 Å². The van der Waals surface area contributed by atoms with Gasteiger partial charge in [-0.05, 0) is 56.0 Å². The zero-order valence-electron chi connectivity index (χ0n) is 22.1. The van der Waals surface area contributed by atoms with Gasteiger partial charge in [-0.15, -0.1) is 0 Å². The minimum atomic E-state index is -0.234. The number of nitrogens with zero attached hydrogens (tertiary/aromatic N) is 2. The van der Waals surface area contributed by atoms with Crippen LogP contribution in [0.1, 0.15) is 59.9 Å². The van der Waals surface area contributed by atoms with Crippen molar-refractivity contribution in [1.29, 1.82) is 0 Å². The number of hydrogen-bond acceptors (Lipinski definition) is 0. The van der Waals surface area contributed by atoms with Gasteiger partial charge in [-0.1, -0.05) is 62.4 Å². The van der Waals surface area contributed by atoms with Crippen molar-refractivity contribution in [1.82, 2.24) is 0 Å². The summed E-state index contributed by atoms with van der Waals surface area (Å²) in [7, 11) is 0. The normalized spacial score (nSPS) is 15.8. The number of aromatic nitrogens is 1. The molecule has 35 heavy (non-hydrogen) atoms. The molecule has 0 atom stereocenters. The molecule has 0 bridgehead atoms. The molecule has 0 fully saturated rings. The second-order valence-corrected chi connectivity index (χ2v) is 9.36. The predicted molar refractivity (Wildman–Crippen MR) is 150 cm³/mol. The van der Waals surface area contributed by atoms with Crippen LogP contribution in [0.3, 0.4) is 0 Å². The summed E-state index contributed by atoms with van der Waals surface area (Å²) in [5.74, 6) is 0. The van der Waals surface area contributed by atoms with Crippen molar-refractivity contribution >= 4 is 23.1 Å². The van der Waals surface area contributed by atoms with Crippen molar-refractivity contribution in [3.8, 4) is 11.3 Å². The Balaban J connectivity index is 2.10. The Morgan fingerprint density at radius 1 is 0.971 bits per heavy atom. The minimum absolute atomic E-state index is 0.234. The van der Waals surface area contributed by atoms with Crippen molar-refractivity contribution < 1.29 is 9.14 Å². The molecule has 2 nitrogen and oxygen atoms in total. The number of allylic oxidation sites excluding steroid dienone is 5. The monoisotopic (exact) mass is 462 g/mol. The van der Waals surface area contributed by atoms with Crippen LogP contribution in [-0.2, 0) is 5.54 Å². The first-order valence-corrected chi connectivity index (χ1v) is 12.8. The summed E-state index contributed by atoms with van der Waals surface area (Å²) in [5.41, 5.74) is 8.26. The van der Waals surface area contributed by atoms with Crippen LogP contribution in [0.2, 0.25) is 0 Å². The van der Waals surface area contributed by atoms with Crippen LogP contribution in [-0.4, -0.2) is 10.8 Å². The number of fused-ring (bicyclic) bond motifs is 5. The molecule has 1 aromatic heterocycles. The third-order valence-corrected chi connectivity index (χ3v) is 7.73. The summed E-state index contributed by atoms with van der Waals surface area (Å²) in [6.07, 6.45) is 13.1. The van der Waals surface area contributed by atoms with Crippen LogP contribution < -0.4 is 4.57 Å². The van der Waals surface area contributed by atoms with Crippen molar-refractivity contribution in [2.24, 2.45) is 0 Å². The summed E-state index contributed by atoms with van der Waals surface area (Å²) in [6, 6.07) is 19.8. The van der Waals surface area contributed by atoms with Crippen molar-refractivity contribution in [2.75, 3.05) is 0 Å². The van der Waals surface area contributed by atoms with E-state index in [9.17, 15) is 0 Å². The van der Waals surface area contributed by atoms with Gasteiger partial charge in [0.25, 0.3) is 11.2 Å². The molecule has 0 N–H and O–H groups in total. The first-order valence-electron chi connectivity index (χ1n) is 12.8. The fraction of sp³-hybridized carbons (Fsp3) is 0.273. The summed E-state index contributed by atoms with van der Waals surface area (Å²) < 4.78 is 4.86. The van der Waals surface area contributed by atoms with Crippen LogP contribution >= 0.6 is 0 Å². The third kappa shape index (κ3) is 4.01. The van der Waals surface area contributed by atoms with Gasteiger partial charge >= 0.3 is 0 Å². The van der Waals surface area contributed by atoms with E-state index >= 15 is 0 Å². The van der Waals surface area contributed by atoms with Gasteiger partial charge in [-0.3, -0.25) is 0 Å². The Hall–Kier alpha value is -3.52. The molecule has 0 amide bonds. The summed E-state index contributed by atoms with van der Waals surface area (Å²) in [6.45, 7) is 17.7. The topological polar surface area (TPSA) is 6.89 Å². The van der Waals surface area contributed by atoms with Crippen molar-refractivity contribution in [3.63, 3.8) is 0 Å². The van der Waals surface area contributed by atoms with Crippen molar-refractivity contribution in [3.05, 3.63) is 108 Å². The van der Waals surface area contributed by atoms with E-state index < -0.39 is 0 Å². The highest BCUT2D eigenvalue weighted by atomic mass is 15.2. The zero-order valence-corrected chi connectivity index (χ0v) is 22.1. The van der Waals surface area contributed by atoms with Crippen LogP contribution in [0.4, 0.5) is 0 Å². The Morgan fingerprint density at radius 3 is 2.34 bits per heavy atom. The van der Waals surface area contributed by atoms with Crippen LogP contribution in [0.25, 0.3) is 28.1 Å². The molecule has 2 heterocycles. The van der Waals surface area contributed by atoms with E-state index in [1.165, 1.54) is 44.4 Å². The molecule has 4 rings (SSSR count). The summed E-state index contributed by atoms with van der Waals surface area (Å²) in [5, 5.41) is 2.55. The Bertz CT molecular complexity index is 1410. The second kappa shape index (κ2) is 10.00. The van der Waals surface area contributed by atoms with Crippen LogP contribution in [0, 0.1) is 0 Å². The molecular weight excluding hydrogens is 424 g/mol. The Morgan fingerprint density at radius 2 is 1.66 bits per heavy atom. The summed E-state index contributed by atoms with van der Waals surface area (Å²) >= 11 is 0. The molecule has 2 heteroatoms. The van der Waals surface area contributed by atoms with Crippen molar-refractivity contribution in [2.45, 2.75) is 59.9 Å². The molecule has 0 radical (unpaired) electrons. The third-order valence-electron chi connectivity index (χ3n) is 7.73. The molecular formula is C33H38N2+2. The average molecular weight is 463 g/mol. The molecule has 0 aliphatic carbocycles. The maximum atomic E-state index is 4.58. The smallest absolute Gasteiger partial charge is 0.182 e. The lowest BCUT2D eigenvalue weighted by Crippen LogP contribution is -2.59. The fourth-order valence-corrected chi connectivity index (χ4v) is 5.56. The van der Waals surface area contributed by atoms with Crippen LogP contribution in [0.15, 0.2) is 102 Å². The van der Waals surface area contributed by atoms with Gasteiger partial charge in [-0.2, -0.15) is 9.14 Å². The molecule has 1 aliphatic rings. The SMILES string of the molecule is C=C(C(C)=C(C)C=CC)[N+](=CC)C1=Cc2ccccc2-c2c3ccccc3cc[n+]2C1(CC)CC. The van der Waals surface area contributed by atoms with E-state index in [1.54, 1.807) is 0 Å². The quantitative estimate of drug-likeness (QED) is 0.198. The van der Waals surface area contributed by atoms with Gasteiger partial charge in [0.2, 0.25) is 11.4 Å². The molecule has 1 aliphatic heterocycles. The van der Waals surface area contributed by atoms with E-state index in [0.717, 1.165) is 18.5 Å². The molecule has 0 spiro atoms. The summed E-state index contributed by atoms with van der Waals surface area (Å²) in [4.78, 5) is 0. The molecule has 3 aromatic rings. The number of pyridine rings is 1. The maximum Gasteiger partial charge on any atom is 0.259 e. The van der Waals surface area contributed by atoms with Gasteiger partial charge in [0.15, 0.2) is 6.20 Å². The zero-order chi connectivity index (χ0) is 25.2. The van der Waals surface area contributed by atoms with E-state index in [1.807, 2.05) is 0 Å². The van der Waals surface area contributed by atoms with E-state index in [-0.39, 0.29) is 5.54 Å². The molecule has 178 valence electrons. The fourth-order valence-electron chi connectivity index (χ4n) is 5.56. The van der Waals surface area contributed by atoms with E-state index in [2.05, 4.69) is 143 Å². The lowest BCUT2D eigenvalue weighted by molar-refractivity contribution is -0.760. The highest BCUT2D eigenvalue weighted by Crippen LogP contribution is 2.41. The Kier molecular flexibility index (Phi) is 7.03. The number of rotatable bonds is 6. The van der Waals surface area contributed by atoms with Gasteiger partial charge in [0, 0.05) is 37.5 Å². The predicted octanol–water partition coefficient (Wildman–Crippen LogP) is 8.19. The molecule has 2 aromatic carbocycles. The standard InChI is InChI=1S/C33H38N2/c1-8-16-24(5)25(6)26(7)34(11-4)31-23-28-18-13-15-20-30(28)32-29-19-14-12-17-27(29)21-22-35(32)33(31,9-2)10-3/h8,11-23H,7,9-10H2,1-6H3/q+2. The van der Waals surface area contributed by atoms with Gasteiger partial charge < -0.3 is 0 Å². The van der Waals surface area contributed by atoms with Gasteiger partial charge in [-0.25, -0.2) is 0 Å². The maximum absolute atomic E-state index is 4.58. The Labute approximate surface area is 211 Å². The largest absolute Gasteiger partial charge is 0.259 e. The lowest BCUT2D eigenvalue weighted by Gasteiger charge is -2.27. The first-order chi connectivity index (χ1) is 16.9. The first kappa shape index (κ1) is 24.6. The molecule has 0 saturated carbocycles. The number of hydrogen-bond donors (Lipinski definition) is 0. The number of benzene rings is 2. The van der Waals surface area contributed by atoms with E-state index in [0.29, 0.717) is 0 Å². The highest BCUT2D eigenvalue weighted by molar-refractivity contribution is 5.95. The molecule has 0 saturated heterocycles.